The lowest BCUT2D eigenvalue weighted by molar-refractivity contribution is -0.0164. The quantitative estimate of drug-likeness (QED) is 0.499. The van der Waals surface area contributed by atoms with Gasteiger partial charge in [0.25, 0.3) is 12.9 Å². The Hall–Kier alpha value is -1.01. The number of carbonyl (C=O) groups excluding carboxylic acids is 1. The average Bonchev–Trinajstić information content (AvgIpc) is 1.96. The second kappa shape index (κ2) is 5.62. The highest BCUT2D eigenvalue weighted by atomic mass is 19.3. The standard InChI is InChI=1S/C5H6F4O3/c6-3(7)1-11-5(10)12-2-4(8)9/h3-4H,1-2H2. The van der Waals surface area contributed by atoms with Crippen LogP contribution in [0, 0.1) is 0 Å². The molecule has 0 N–H and O–H groups in total. The molecular formula is C5H6F4O3. The fourth-order valence-corrected chi connectivity index (χ4v) is 0.304. The van der Waals surface area contributed by atoms with Gasteiger partial charge in [-0.05, 0) is 0 Å². The molecule has 0 bridgehead atoms. The first-order valence-corrected chi connectivity index (χ1v) is 2.88. The molecule has 0 aromatic carbocycles. The van der Waals surface area contributed by atoms with Crippen LogP contribution in [0.1, 0.15) is 0 Å². The lowest BCUT2D eigenvalue weighted by atomic mass is 10.7. The molecule has 0 aliphatic rings. The second-order valence-corrected chi connectivity index (χ2v) is 1.65. The summed E-state index contributed by atoms with van der Waals surface area (Å²) in [5.41, 5.74) is 0. The van der Waals surface area contributed by atoms with Gasteiger partial charge >= 0.3 is 6.16 Å². The Morgan fingerprint density at radius 1 is 1.00 bits per heavy atom. The van der Waals surface area contributed by atoms with Crippen LogP contribution >= 0.6 is 0 Å². The van der Waals surface area contributed by atoms with Crippen molar-refractivity contribution >= 4 is 6.16 Å². The second-order valence-electron chi connectivity index (χ2n) is 1.65. The van der Waals surface area contributed by atoms with E-state index in [2.05, 4.69) is 9.47 Å². The number of rotatable bonds is 4. The minimum Gasteiger partial charge on any atom is -0.428 e. The topological polar surface area (TPSA) is 35.5 Å². The molecule has 7 heteroatoms. The molecule has 0 rings (SSSR count). The predicted molar refractivity (Wildman–Crippen MR) is 29.3 cm³/mol. The number of ether oxygens (including phenoxy) is 2. The molecule has 0 spiro atoms. The normalized spacial score (nSPS) is 10.5. The van der Waals surface area contributed by atoms with Crippen molar-refractivity contribution in [1.29, 1.82) is 0 Å². The molecule has 0 saturated heterocycles. The number of halogens is 4. The molecule has 0 saturated carbocycles. The maximum absolute atomic E-state index is 11.3. The number of hydrogen-bond acceptors (Lipinski definition) is 3. The summed E-state index contributed by atoms with van der Waals surface area (Å²) in [4.78, 5) is 10.1. The molecule has 0 heterocycles. The Labute approximate surface area is 65.2 Å². The highest BCUT2D eigenvalue weighted by Crippen LogP contribution is 1.97. The highest BCUT2D eigenvalue weighted by molar-refractivity contribution is 5.59. The van der Waals surface area contributed by atoms with Crippen molar-refractivity contribution in [3.05, 3.63) is 0 Å². The van der Waals surface area contributed by atoms with Crippen molar-refractivity contribution in [3.8, 4) is 0 Å². The molecule has 0 aliphatic heterocycles. The third-order valence-electron chi connectivity index (χ3n) is 0.654. The summed E-state index contributed by atoms with van der Waals surface area (Å²) in [7, 11) is 0. The lowest BCUT2D eigenvalue weighted by Crippen LogP contribution is -2.16. The van der Waals surface area contributed by atoms with Crippen LogP contribution in [0.3, 0.4) is 0 Å². The van der Waals surface area contributed by atoms with E-state index in [1.54, 1.807) is 0 Å². The zero-order chi connectivity index (χ0) is 9.56. The SMILES string of the molecule is O=C(OCC(F)F)OCC(F)F. The van der Waals surface area contributed by atoms with E-state index in [1.807, 2.05) is 0 Å². The van der Waals surface area contributed by atoms with Gasteiger partial charge in [-0.3, -0.25) is 0 Å². The predicted octanol–water partition coefficient (Wildman–Crippen LogP) is 1.67. The minimum absolute atomic E-state index is 1.15. The van der Waals surface area contributed by atoms with Gasteiger partial charge in [0, 0.05) is 0 Å². The van der Waals surface area contributed by atoms with Gasteiger partial charge < -0.3 is 9.47 Å². The highest BCUT2D eigenvalue weighted by Gasteiger charge is 2.11. The third kappa shape index (κ3) is 7.10. The van der Waals surface area contributed by atoms with E-state index in [0.29, 0.717) is 0 Å². The molecule has 0 aromatic heterocycles. The summed E-state index contributed by atoms with van der Waals surface area (Å²) in [6, 6.07) is 0. The van der Waals surface area contributed by atoms with Crippen LogP contribution in [0.15, 0.2) is 0 Å². The van der Waals surface area contributed by atoms with Crippen LogP contribution in [-0.2, 0) is 9.47 Å². The van der Waals surface area contributed by atoms with Gasteiger partial charge in [-0.15, -0.1) is 0 Å². The largest absolute Gasteiger partial charge is 0.508 e. The molecule has 0 atom stereocenters. The first-order valence-electron chi connectivity index (χ1n) is 2.88. The van der Waals surface area contributed by atoms with Crippen molar-refractivity contribution < 1.29 is 31.8 Å². The van der Waals surface area contributed by atoms with E-state index in [1.165, 1.54) is 0 Å². The third-order valence-corrected chi connectivity index (χ3v) is 0.654. The van der Waals surface area contributed by atoms with Crippen LogP contribution in [0.25, 0.3) is 0 Å². The molecule has 3 nitrogen and oxygen atoms in total. The molecular weight excluding hydrogens is 184 g/mol. The van der Waals surface area contributed by atoms with Crippen molar-refractivity contribution in [2.24, 2.45) is 0 Å². The van der Waals surface area contributed by atoms with Crippen molar-refractivity contribution in [1.82, 2.24) is 0 Å². The summed E-state index contributed by atoms with van der Waals surface area (Å²) in [5, 5.41) is 0. The van der Waals surface area contributed by atoms with Gasteiger partial charge in [-0.25, -0.2) is 22.4 Å². The van der Waals surface area contributed by atoms with Gasteiger partial charge in [0.1, 0.15) is 0 Å². The van der Waals surface area contributed by atoms with Crippen LogP contribution < -0.4 is 0 Å². The molecule has 0 unspecified atom stereocenters. The van der Waals surface area contributed by atoms with Gasteiger partial charge in [0.15, 0.2) is 13.2 Å². The number of alkyl halides is 4. The molecule has 0 aliphatic carbocycles. The van der Waals surface area contributed by atoms with Crippen LogP contribution in [-0.4, -0.2) is 32.2 Å². The fourth-order valence-electron chi connectivity index (χ4n) is 0.304. The monoisotopic (exact) mass is 190 g/mol. The summed E-state index contributed by atoms with van der Waals surface area (Å²) >= 11 is 0. The Kier molecular flexibility index (Phi) is 5.14. The molecule has 0 amide bonds. The smallest absolute Gasteiger partial charge is 0.428 e. The Bertz CT molecular complexity index is 125. The van der Waals surface area contributed by atoms with Crippen molar-refractivity contribution in [2.75, 3.05) is 13.2 Å². The first-order chi connectivity index (χ1) is 5.52. The maximum atomic E-state index is 11.3. The van der Waals surface area contributed by atoms with Gasteiger partial charge in [-0.2, -0.15) is 0 Å². The van der Waals surface area contributed by atoms with Crippen molar-refractivity contribution in [3.63, 3.8) is 0 Å². The van der Waals surface area contributed by atoms with E-state index in [4.69, 9.17) is 0 Å². The molecule has 0 fully saturated rings. The minimum atomic E-state index is -2.83. The van der Waals surface area contributed by atoms with E-state index < -0.39 is 32.2 Å². The summed E-state index contributed by atoms with van der Waals surface area (Å²) in [5.74, 6) is 0. The van der Waals surface area contributed by atoms with E-state index in [0.717, 1.165) is 0 Å². The molecule has 12 heavy (non-hydrogen) atoms. The Morgan fingerprint density at radius 2 is 1.33 bits per heavy atom. The lowest BCUT2D eigenvalue weighted by Gasteiger charge is -2.04. The fraction of sp³-hybridized carbons (Fsp3) is 0.800. The van der Waals surface area contributed by atoms with Crippen LogP contribution in [0.4, 0.5) is 22.4 Å². The Balaban J connectivity index is 3.34. The molecule has 0 aromatic rings. The van der Waals surface area contributed by atoms with Crippen LogP contribution in [0.5, 0.6) is 0 Å². The van der Waals surface area contributed by atoms with Crippen molar-refractivity contribution in [2.45, 2.75) is 12.9 Å². The molecule has 72 valence electrons. The van der Waals surface area contributed by atoms with Crippen LogP contribution in [0.2, 0.25) is 0 Å². The van der Waals surface area contributed by atoms with Gasteiger partial charge in [0.2, 0.25) is 0 Å². The van der Waals surface area contributed by atoms with E-state index >= 15 is 0 Å². The summed E-state index contributed by atoms with van der Waals surface area (Å²) in [6.07, 6.45) is -7.18. The van der Waals surface area contributed by atoms with Gasteiger partial charge in [0.05, 0.1) is 0 Å². The Morgan fingerprint density at radius 3 is 1.58 bits per heavy atom. The van der Waals surface area contributed by atoms with E-state index in [9.17, 15) is 22.4 Å². The number of carbonyl (C=O) groups is 1. The zero-order valence-electron chi connectivity index (χ0n) is 5.81. The average molecular weight is 190 g/mol. The van der Waals surface area contributed by atoms with Gasteiger partial charge in [-0.1, -0.05) is 0 Å². The zero-order valence-corrected chi connectivity index (χ0v) is 5.81. The molecule has 0 radical (unpaired) electrons. The summed E-state index contributed by atoms with van der Waals surface area (Å²) in [6.45, 7) is -2.30. The van der Waals surface area contributed by atoms with E-state index in [-0.39, 0.29) is 0 Å². The maximum Gasteiger partial charge on any atom is 0.508 e. The summed E-state index contributed by atoms with van der Waals surface area (Å²) < 4.78 is 52.7. The first kappa shape index (κ1) is 11.0. The number of hydrogen-bond donors (Lipinski definition) is 0.